The Balaban J connectivity index is 1.62. The average molecular weight is 346 g/mol. The molecule has 1 aromatic carbocycles. The van der Waals surface area contributed by atoms with Gasteiger partial charge in [-0.05, 0) is 82.8 Å². The fourth-order valence-corrected chi connectivity index (χ4v) is 3.39. The van der Waals surface area contributed by atoms with E-state index in [0.29, 0.717) is 19.2 Å². The van der Waals surface area contributed by atoms with Gasteiger partial charge in [-0.1, -0.05) is 6.07 Å². The van der Waals surface area contributed by atoms with Gasteiger partial charge in [-0.25, -0.2) is 4.79 Å². The van der Waals surface area contributed by atoms with E-state index in [1.54, 1.807) is 0 Å². The number of nitrogens with one attached hydrogen (secondary N) is 1. The number of fused-ring (bicyclic) bond motifs is 1. The molecule has 1 saturated heterocycles. The molecular formula is C20H30N2O3. The summed E-state index contributed by atoms with van der Waals surface area (Å²) in [7, 11) is 0. The maximum atomic E-state index is 12.3. The minimum Gasteiger partial charge on any atom is -0.490 e. The highest BCUT2D eigenvalue weighted by molar-refractivity contribution is 5.68. The van der Waals surface area contributed by atoms with Gasteiger partial charge in [0.05, 0.1) is 0 Å². The summed E-state index contributed by atoms with van der Waals surface area (Å²) >= 11 is 0. The van der Waals surface area contributed by atoms with Crippen molar-refractivity contribution >= 4 is 6.09 Å². The van der Waals surface area contributed by atoms with Crippen molar-refractivity contribution in [1.29, 1.82) is 0 Å². The van der Waals surface area contributed by atoms with E-state index in [9.17, 15) is 4.79 Å². The van der Waals surface area contributed by atoms with Gasteiger partial charge < -0.3 is 19.7 Å². The van der Waals surface area contributed by atoms with Gasteiger partial charge in [-0.2, -0.15) is 0 Å². The monoisotopic (exact) mass is 346 g/mol. The Hall–Kier alpha value is -1.75. The van der Waals surface area contributed by atoms with Crippen LogP contribution in [0.2, 0.25) is 0 Å². The van der Waals surface area contributed by atoms with Crippen LogP contribution in [-0.4, -0.2) is 48.9 Å². The third-order valence-corrected chi connectivity index (χ3v) is 4.72. The molecule has 0 radical (unpaired) electrons. The molecule has 0 bridgehead atoms. The van der Waals surface area contributed by atoms with Crippen LogP contribution in [0.4, 0.5) is 4.79 Å². The predicted octanol–water partition coefficient (Wildman–Crippen LogP) is 3.15. The van der Waals surface area contributed by atoms with Crippen molar-refractivity contribution in [1.82, 2.24) is 10.2 Å². The molecule has 0 unspecified atom stereocenters. The number of hydrogen-bond acceptors (Lipinski definition) is 4. The Kier molecular flexibility index (Phi) is 5.52. The molecular weight excluding hydrogens is 316 g/mol. The van der Waals surface area contributed by atoms with Crippen LogP contribution in [0.1, 0.15) is 44.7 Å². The van der Waals surface area contributed by atoms with Gasteiger partial charge in [0.15, 0.2) is 0 Å². The van der Waals surface area contributed by atoms with E-state index in [1.165, 1.54) is 11.1 Å². The van der Waals surface area contributed by atoms with Crippen molar-refractivity contribution in [2.75, 3.05) is 26.2 Å². The van der Waals surface area contributed by atoms with Crippen molar-refractivity contribution in [3.05, 3.63) is 29.3 Å². The quantitative estimate of drug-likeness (QED) is 0.894. The minimum atomic E-state index is -0.452. The number of ether oxygens (including phenoxy) is 2. The first-order valence-electron chi connectivity index (χ1n) is 9.38. The summed E-state index contributed by atoms with van der Waals surface area (Å²) < 4.78 is 11.7. The smallest absolute Gasteiger partial charge is 0.410 e. The fourth-order valence-electron chi connectivity index (χ4n) is 3.39. The normalized spacial score (nSPS) is 19.1. The van der Waals surface area contributed by atoms with E-state index in [2.05, 4.69) is 23.5 Å². The molecule has 0 saturated carbocycles. The summed E-state index contributed by atoms with van der Waals surface area (Å²) in [5.74, 6) is 0.955. The maximum Gasteiger partial charge on any atom is 0.410 e. The average Bonchev–Trinajstić information content (AvgIpc) is 2.76. The molecule has 2 aliphatic rings. The van der Waals surface area contributed by atoms with Crippen LogP contribution in [0, 0.1) is 0 Å². The summed E-state index contributed by atoms with van der Waals surface area (Å²) in [6, 6.07) is 6.39. The third kappa shape index (κ3) is 5.11. The number of rotatable bonds is 2. The van der Waals surface area contributed by atoms with E-state index >= 15 is 0 Å². The number of benzene rings is 1. The van der Waals surface area contributed by atoms with Gasteiger partial charge in [0.1, 0.15) is 17.5 Å². The topological polar surface area (TPSA) is 50.8 Å². The Morgan fingerprint density at radius 1 is 1.12 bits per heavy atom. The molecule has 25 heavy (non-hydrogen) atoms. The van der Waals surface area contributed by atoms with Crippen LogP contribution in [0.3, 0.4) is 0 Å². The molecule has 5 heteroatoms. The number of hydrogen-bond donors (Lipinski definition) is 1. The fraction of sp³-hybridized carbons (Fsp3) is 0.650. The van der Waals surface area contributed by atoms with Gasteiger partial charge >= 0.3 is 6.09 Å². The standard InChI is InChI=1S/C20H30N2O3/c1-20(2,3)25-19(23)22-12-8-15-4-5-18(14-16(15)9-13-22)24-17-6-10-21-11-7-17/h4-5,14,17,21H,6-13H2,1-3H3. The van der Waals surface area contributed by atoms with Crippen molar-refractivity contribution in [2.45, 2.75) is 58.2 Å². The van der Waals surface area contributed by atoms with Crippen LogP contribution >= 0.6 is 0 Å². The zero-order valence-electron chi connectivity index (χ0n) is 15.6. The third-order valence-electron chi connectivity index (χ3n) is 4.72. The number of amides is 1. The van der Waals surface area contributed by atoms with Crippen molar-refractivity contribution in [2.24, 2.45) is 0 Å². The Morgan fingerprint density at radius 2 is 1.80 bits per heavy atom. The minimum absolute atomic E-state index is 0.216. The molecule has 0 aliphatic carbocycles. The molecule has 1 fully saturated rings. The Bertz CT molecular complexity index is 603. The summed E-state index contributed by atoms with van der Waals surface area (Å²) in [4.78, 5) is 14.1. The molecule has 3 rings (SSSR count). The number of nitrogens with zero attached hydrogens (tertiary/aromatic N) is 1. The maximum absolute atomic E-state index is 12.3. The van der Waals surface area contributed by atoms with Crippen molar-refractivity contribution in [3.63, 3.8) is 0 Å². The number of carbonyl (C=O) groups is 1. The van der Waals surface area contributed by atoms with E-state index < -0.39 is 5.60 Å². The van der Waals surface area contributed by atoms with Crippen LogP contribution in [0.5, 0.6) is 5.75 Å². The van der Waals surface area contributed by atoms with Crippen molar-refractivity contribution < 1.29 is 14.3 Å². The van der Waals surface area contributed by atoms with Crippen LogP contribution in [0.15, 0.2) is 18.2 Å². The molecule has 1 aromatic rings. The molecule has 0 spiro atoms. The zero-order valence-corrected chi connectivity index (χ0v) is 15.6. The molecule has 5 nitrogen and oxygen atoms in total. The molecule has 1 N–H and O–H groups in total. The lowest BCUT2D eigenvalue weighted by atomic mass is 10.0. The van der Waals surface area contributed by atoms with Crippen molar-refractivity contribution in [3.8, 4) is 5.75 Å². The van der Waals surface area contributed by atoms with Gasteiger partial charge in [0.25, 0.3) is 0 Å². The molecule has 2 heterocycles. The van der Waals surface area contributed by atoms with Crippen LogP contribution in [0.25, 0.3) is 0 Å². The summed E-state index contributed by atoms with van der Waals surface area (Å²) in [5.41, 5.74) is 2.15. The highest BCUT2D eigenvalue weighted by Gasteiger charge is 2.24. The molecule has 0 aromatic heterocycles. The van der Waals surface area contributed by atoms with Gasteiger partial charge in [-0.3, -0.25) is 0 Å². The van der Waals surface area contributed by atoms with E-state index in [4.69, 9.17) is 9.47 Å². The number of piperidine rings is 1. The molecule has 2 aliphatic heterocycles. The lowest BCUT2D eigenvalue weighted by Crippen LogP contribution is -2.38. The molecule has 138 valence electrons. The van der Waals surface area contributed by atoms with Gasteiger partial charge in [-0.15, -0.1) is 0 Å². The number of carbonyl (C=O) groups excluding carboxylic acids is 1. The van der Waals surface area contributed by atoms with Gasteiger partial charge in [0, 0.05) is 13.1 Å². The Morgan fingerprint density at radius 3 is 2.48 bits per heavy atom. The Labute approximate surface area is 150 Å². The van der Waals surface area contributed by atoms with E-state index in [1.807, 2.05) is 25.7 Å². The highest BCUT2D eigenvalue weighted by atomic mass is 16.6. The molecule has 1 amide bonds. The highest BCUT2D eigenvalue weighted by Crippen LogP contribution is 2.24. The second kappa shape index (κ2) is 7.65. The summed E-state index contributed by atoms with van der Waals surface area (Å²) in [6.45, 7) is 9.17. The lowest BCUT2D eigenvalue weighted by Gasteiger charge is -2.26. The van der Waals surface area contributed by atoms with Crippen LogP contribution < -0.4 is 10.1 Å². The van der Waals surface area contributed by atoms with Crippen LogP contribution in [-0.2, 0) is 17.6 Å². The predicted molar refractivity (Wildman–Crippen MR) is 98.2 cm³/mol. The summed E-state index contributed by atoms with van der Waals surface area (Å²) in [5, 5.41) is 3.36. The first-order valence-corrected chi connectivity index (χ1v) is 9.38. The lowest BCUT2D eigenvalue weighted by molar-refractivity contribution is 0.0258. The second-order valence-corrected chi connectivity index (χ2v) is 7.97. The largest absolute Gasteiger partial charge is 0.490 e. The van der Waals surface area contributed by atoms with E-state index in [0.717, 1.165) is 44.5 Å². The zero-order chi connectivity index (χ0) is 17.9. The summed E-state index contributed by atoms with van der Waals surface area (Å²) in [6.07, 6.45) is 3.92. The molecule has 0 atom stereocenters. The van der Waals surface area contributed by atoms with Gasteiger partial charge in [0.2, 0.25) is 0 Å². The second-order valence-electron chi connectivity index (χ2n) is 7.97. The SMILES string of the molecule is CC(C)(C)OC(=O)N1CCc2ccc(OC3CCNCC3)cc2CC1. The first kappa shape index (κ1) is 18.1. The first-order chi connectivity index (χ1) is 11.9. The van der Waals surface area contributed by atoms with E-state index in [-0.39, 0.29) is 6.09 Å².